The molecule has 4 atom stereocenters. The highest BCUT2D eigenvalue weighted by Gasteiger charge is 2.52. The molecular weight excluding hydrogens is 388 g/mol. The van der Waals surface area contributed by atoms with E-state index in [9.17, 15) is 24.0 Å². The number of hydrogen-bond acceptors (Lipinski definition) is 5. The van der Waals surface area contributed by atoms with E-state index in [1.807, 2.05) is 6.92 Å². The van der Waals surface area contributed by atoms with Crippen molar-refractivity contribution in [3.8, 4) is 0 Å². The van der Waals surface area contributed by atoms with Crippen LogP contribution in [0.3, 0.4) is 0 Å². The minimum atomic E-state index is -0.978. The van der Waals surface area contributed by atoms with Gasteiger partial charge in [-0.2, -0.15) is 0 Å². The summed E-state index contributed by atoms with van der Waals surface area (Å²) in [6.45, 7) is 1.26. The lowest BCUT2D eigenvalue weighted by atomic mass is 9.83. The molecule has 2 bridgehead atoms. The molecule has 1 aliphatic heterocycles. The fourth-order valence-electron chi connectivity index (χ4n) is 5.16. The SMILES string of the molecule is CC(C1CC2CCC1C2)N1C(=O)C(=O)N(CC(=O)Nc2ccc(C(N)=O)cc2)C1=O. The van der Waals surface area contributed by atoms with Crippen molar-refractivity contribution in [1.82, 2.24) is 9.80 Å². The number of rotatable bonds is 6. The van der Waals surface area contributed by atoms with Gasteiger partial charge in [-0.1, -0.05) is 6.42 Å². The fraction of sp³-hybridized carbons (Fsp3) is 0.476. The number of benzene rings is 1. The summed E-state index contributed by atoms with van der Waals surface area (Å²) < 4.78 is 0. The van der Waals surface area contributed by atoms with Crippen molar-refractivity contribution >= 4 is 35.3 Å². The first-order chi connectivity index (χ1) is 14.3. The van der Waals surface area contributed by atoms with E-state index in [0.29, 0.717) is 22.4 Å². The molecule has 1 aromatic carbocycles. The van der Waals surface area contributed by atoms with Crippen molar-refractivity contribution in [2.24, 2.45) is 23.5 Å². The van der Waals surface area contributed by atoms with Crippen molar-refractivity contribution in [3.63, 3.8) is 0 Å². The lowest BCUT2D eigenvalue weighted by molar-refractivity contribution is -0.144. The summed E-state index contributed by atoms with van der Waals surface area (Å²) in [6, 6.07) is 4.78. The van der Waals surface area contributed by atoms with E-state index in [1.165, 1.54) is 30.7 Å². The van der Waals surface area contributed by atoms with Crippen LogP contribution in [0.25, 0.3) is 0 Å². The summed E-state index contributed by atoms with van der Waals surface area (Å²) in [5.74, 6) is -1.71. The third-order valence-corrected chi connectivity index (χ3v) is 6.66. The first-order valence-electron chi connectivity index (χ1n) is 10.1. The topological polar surface area (TPSA) is 130 Å². The van der Waals surface area contributed by atoms with Crippen LogP contribution in [0.5, 0.6) is 0 Å². The van der Waals surface area contributed by atoms with Crippen LogP contribution in [0.4, 0.5) is 10.5 Å². The van der Waals surface area contributed by atoms with Gasteiger partial charge >= 0.3 is 17.8 Å². The summed E-state index contributed by atoms with van der Waals surface area (Å²) in [6.07, 6.45) is 4.39. The minimum absolute atomic E-state index is 0.210. The Morgan fingerprint density at radius 3 is 2.37 bits per heavy atom. The largest absolute Gasteiger partial charge is 0.366 e. The number of nitrogens with one attached hydrogen (secondary N) is 1. The molecule has 3 N–H and O–H groups in total. The molecule has 30 heavy (non-hydrogen) atoms. The van der Waals surface area contributed by atoms with Gasteiger partial charge in [-0.05, 0) is 68.2 Å². The van der Waals surface area contributed by atoms with Gasteiger partial charge in [-0.25, -0.2) is 9.69 Å². The fourth-order valence-corrected chi connectivity index (χ4v) is 5.16. The van der Waals surface area contributed by atoms with Crippen LogP contribution in [-0.4, -0.2) is 52.0 Å². The maximum absolute atomic E-state index is 12.8. The number of hydrogen-bond donors (Lipinski definition) is 2. The van der Waals surface area contributed by atoms with Gasteiger partial charge in [-0.3, -0.25) is 24.1 Å². The van der Waals surface area contributed by atoms with Crippen LogP contribution in [0, 0.1) is 17.8 Å². The molecule has 0 spiro atoms. The second-order valence-corrected chi connectivity index (χ2v) is 8.42. The van der Waals surface area contributed by atoms with E-state index in [2.05, 4.69) is 5.32 Å². The Kier molecular flexibility index (Phi) is 5.05. The summed E-state index contributed by atoms with van der Waals surface area (Å²) in [5, 5.41) is 2.55. The standard InChI is InChI=1S/C21H24N4O5/c1-11(16-9-12-2-3-14(16)8-12)25-20(29)19(28)24(21(25)30)10-17(26)23-15-6-4-13(5-7-15)18(22)27/h4-7,11-12,14,16H,2-3,8-10H2,1H3,(H2,22,27)(H,23,26). The Balaban J connectivity index is 1.41. The van der Waals surface area contributed by atoms with Crippen molar-refractivity contribution in [1.29, 1.82) is 0 Å². The number of nitrogens with two attached hydrogens (primary N) is 1. The molecule has 9 nitrogen and oxygen atoms in total. The van der Waals surface area contributed by atoms with E-state index in [0.717, 1.165) is 24.2 Å². The number of primary amides is 1. The van der Waals surface area contributed by atoms with Gasteiger partial charge < -0.3 is 11.1 Å². The Hall–Kier alpha value is -3.23. The first-order valence-corrected chi connectivity index (χ1v) is 10.1. The number of amides is 6. The molecule has 9 heteroatoms. The number of carbonyl (C=O) groups excluding carboxylic acids is 5. The number of urea groups is 1. The number of nitrogens with zero attached hydrogens (tertiary/aromatic N) is 2. The quantitative estimate of drug-likeness (QED) is 0.538. The molecule has 6 amide bonds. The minimum Gasteiger partial charge on any atom is -0.366 e. The van der Waals surface area contributed by atoms with Gasteiger partial charge in [0.15, 0.2) is 0 Å². The van der Waals surface area contributed by atoms with Crippen molar-refractivity contribution < 1.29 is 24.0 Å². The number of anilines is 1. The molecule has 0 aromatic heterocycles. The van der Waals surface area contributed by atoms with E-state index in [1.54, 1.807) is 0 Å². The number of imide groups is 2. The van der Waals surface area contributed by atoms with Crippen molar-refractivity contribution in [2.45, 2.75) is 38.6 Å². The zero-order chi connectivity index (χ0) is 21.6. The molecule has 4 unspecified atom stereocenters. The molecule has 158 valence electrons. The van der Waals surface area contributed by atoms with Gasteiger partial charge in [-0.15, -0.1) is 0 Å². The van der Waals surface area contributed by atoms with Crippen molar-refractivity contribution in [3.05, 3.63) is 29.8 Å². The van der Waals surface area contributed by atoms with Gasteiger partial charge in [0.1, 0.15) is 6.54 Å². The molecule has 3 fully saturated rings. The summed E-state index contributed by atoms with van der Waals surface area (Å²) in [4.78, 5) is 62.9. The lowest BCUT2D eigenvalue weighted by Gasteiger charge is -2.32. The van der Waals surface area contributed by atoms with Crippen LogP contribution in [-0.2, 0) is 14.4 Å². The van der Waals surface area contributed by atoms with Crippen LogP contribution < -0.4 is 11.1 Å². The average molecular weight is 412 g/mol. The van der Waals surface area contributed by atoms with Crippen LogP contribution in [0.2, 0.25) is 0 Å². The second kappa shape index (κ2) is 7.55. The third kappa shape index (κ3) is 3.44. The Morgan fingerprint density at radius 1 is 1.10 bits per heavy atom. The van der Waals surface area contributed by atoms with Crippen LogP contribution >= 0.6 is 0 Å². The zero-order valence-corrected chi connectivity index (χ0v) is 16.7. The van der Waals surface area contributed by atoms with Crippen LogP contribution in [0.1, 0.15) is 43.0 Å². The highest BCUT2D eigenvalue weighted by molar-refractivity contribution is 6.45. The predicted octanol–water partition coefficient (Wildman–Crippen LogP) is 1.34. The van der Waals surface area contributed by atoms with E-state index < -0.39 is 36.2 Å². The van der Waals surface area contributed by atoms with Gasteiger partial charge in [0.05, 0.1) is 0 Å². The number of carbonyl (C=O) groups is 5. The lowest BCUT2D eigenvalue weighted by Crippen LogP contribution is -2.45. The molecule has 0 radical (unpaired) electrons. The van der Waals surface area contributed by atoms with Crippen molar-refractivity contribution in [2.75, 3.05) is 11.9 Å². The predicted molar refractivity (Wildman–Crippen MR) is 106 cm³/mol. The monoisotopic (exact) mass is 412 g/mol. The molecule has 3 aliphatic rings. The highest BCUT2D eigenvalue weighted by Crippen LogP contribution is 2.50. The molecule has 2 saturated carbocycles. The van der Waals surface area contributed by atoms with Gasteiger partial charge in [0.25, 0.3) is 0 Å². The Bertz CT molecular complexity index is 928. The molecule has 2 aliphatic carbocycles. The van der Waals surface area contributed by atoms with E-state index >= 15 is 0 Å². The van der Waals surface area contributed by atoms with Gasteiger partial charge in [0, 0.05) is 17.3 Å². The Labute approximate surface area is 173 Å². The maximum Gasteiger partial charge on any atom is 0.334 e. The first kappa shape index (κ1) is 20.1. The average Bonchev–Trinajstić information content (AvgIpc) is 3.39. The Morgan fingerprint density at radius 2 is 1.80 bits per heavy atom. The molecule has 1 heterocycles. The maximum atomic E-state index is 12.8. The highest BCUT2D eigenvalue weighted by atomic mass is 16.2. The molecule has 4 rings (SSSR count). The second-order valence-electron chi connectivity index (χ2n) is 8.42. The molecule has 1 aromatic rings. The summed E-state index contributed by atoms with van der Waals surface area (Å²) in [7, 11) is 0. The third-order valence-electron chi connectivity index (χ3n) is 6.66. The number of fused-ring (bicyclic) bond motifs is 2. The molecule has 1 saturated heterocycles. The zero-order valence-electron chi connectivity index (χ0n) is 16.7. The van der Waals surface area contributed by atoms with E-state index in [4.69, 9.17) is 5.73 Å². The normalized spacial score (nSPS) is 26.4. The van der Waals surface area contributed by atoms with Crippen LogP contribution in [0.15, 0.2) is 24.3 Å². The van der Waals surface area contributed by atoms with E-state index in [-0.39, 0.29) is 17.5 Å². The summed E-state index contributed by atoms with van der Waals surface area (Å²) in [5.41, 5.74) is 5.84. The summed E-state index contributed by atoms with van der Waals surface area (Å²) >= 11 is 0. The molecular formula is C21H24N4O5. The smallest absolute Gasteiger partial charge is 0.334 e. The van der Waals surface area contributed by atoms with Gasteiger partial charge in [0.2, 0.25) is 11.8 Å².